The number of carbonyl (C=O) groups excluding carboxylic acids is 2. The Morgan fingerprint density at radius 3 is 1.56 bits per heavy atom. The number of benzene rings is 9. The van der Waals surface area contributed by atoms with Gasteiger partial charge < -0.3 is 79.9 Å². The first-order valence-electron chi connectivity index (χ1n) is 30.4. The first-order chi connectivity index (χ1) is 47.0. The molecule has 2 unspecified atom stereocenters. The Kier molecular flexibility index (Phi) is 25.1. The number of aliphatic hydroxyl groups is 1. The van der Waals surface area contributed by atoms with Gasteiger partial charge in [0.2, 0.25) is 20.4 Å². The number of hydrogen-bond acceptors (Lipinski definition) is 16. The van der Waals surface area contributed by atoms with E-state index in [9.17, 15) is 19.8 Å². The molecule has 0 saturated carbocycles. The smallest absolute Gasteiger partial charge is 1.00 e. The number of aldehydes is 1. The number of nitrogens with zero attached hydrogens (tertiary/aromatic N) is 3. The molecule has 492 valence electrons. The quantitative estimate of drug-likeness (QED) is 0.0415. The van der Waals surface area contributed by atoms with Crippen LogP contribution in [0.3, 0.4) is 0 Å². The van der Waals surface area contributed by atoms with Crippen LogP contribution in [0.2, 0.25) is 15.1 Å². The number of pyridine rings is 3. The molecule has 1 amide bonds. The maximum Gasteiger partial charge on any atom is 2.00 e. The van der Waals surface area contributed by atoms with Crippen LogP contribution in [0, 0.1) is 6.07 Å². The van der Waals surface area contributed by atoms with Crippen molar-refractivity contribution in [3.63, 3.8) is 0 Å². The van der Waals surface area contributed by atoms with Crippen molar-refractivity contribution in [2.45, 2.75) is 44.6 Å². The third kappa shape index (κ3) is 17.8. The number of amides is 1. The maximum absolute atomic E-state index is 12.8. The molecule has 22 heteroatoms. The number of phenolic OH excluding ortho intramolecular Hbond substituents is 1. The standard InChI is InChI=1S/C26H21ClN2O5.C25H20ClNO4.C18H14ClNO2.C7H5O2.BrH.Mg/c27-20-11-17(26(31)25-19(20)7-4-10-28-25)12-21(16-8-9-22-23(13-16)34-15-33-22)29-24(30)14-32-18-5-2-1-3-6-18;26-20-11-18(12-21(28)17-8-9-22-23(13-17)31-15-30-22)25(24-19(20)7-4-10-27-24)29-14-16-5-2-1-3-6-16;19-16-11-14(8-10-21)18(17-15(16)7-4-9-20-17)22-12-13-5-2-1-3-6-13;1-2-4-7-6(3-1)8-5-9-7;;/h1-11,13,21,31H,12,14-15H2,(H,29,30);1-11,13,21,28H,12,14-15H2;1-7,9-11H,8,12H2;1,3-4H,5H2;1H;/q;;;-1;;+2/p-1. The number of aliphatic hydroxyl groups excluding tert-OH is 1. The number of para-hydroxylation sites is 1. The van der Waals surface area contributed by atoms with Crippen LogP contribution in [0.5, 0.6) is 57.5 Å². The molecule has 0 radical (unpaired) electrons. The molecule has 0 saturated heterocycles. The van der Waals surface area contributed by atoms with Crippen LogP contribution in [0.1, 0.15) is 51.1 Å². The third-order valence-electron chi connectivity index (χ3n) is 15.5. The summed E-state index contributed by atoms with van der Waals surface area (Å²) < 4.78 is 49.6. The second-order valence-corrected chi connectivity index (χ2v) is 23.0. The molecule has 0 aliphatic carbocycles. The van der Waals surface area contributed by atoms with E-state index in [-0.39, 0.29) is 84.7 Å². The van der Waals surface area contributed by atoms with Crippen molar-refractivity contribution >= 4 is 103 Å². The van der Waals surface area contributed by atoms with Gasteiger partial charge in [-0.25, -0.2) is 0 Å². The normalized spacial score (nSPS) is 12.4. The van der Waals surface area contributed by atoms with Gasteiger partial charge in [-0.05, 0) is 113 Å². The number of fused-ring (bicyclic) bond motifs is 6. The van der Waals surface area contributed by atoms with Gasteiger partial charge in [0.1, 0.15) is 59.0 Å². The van der Waals surface area contributed by atoms with Crippen LogP contribution >= 0.6 is 34.8 Å². The minimum absolute atomic E-state index is 0. The Morgan fingerprint density at radius 2 is 1.00 bits per heavy atom. The maximum atomic E-state index is 12.8. The van der Waals surface area contributed by atoms with Crippen LogP contribution in [0.15, 0.2) is 219 Å². The number of nitrogens with one attached hydrogen (secondary N) is 1. The summed E-state index contributed by atoms with van der Waals surface area (Å²) in [6.45, 7) is 1.33. The van der Waals surface area contributed by atoms with E-state index in [1.54, 1.807) is 79.3 Å². The van der Waals surface area contributed by atoms with E-state index < -0.39 is 12.1 Å². The topological polar surface area (TPSA) is 208 Å². The fourth-order valence-corrected chi connectivity index (χ4v) is 11.6. The Balaban J connectivity index is 0.000000150. The summed E-state index contributed by atoms with van der Waals surface area (Å²) in [7, 11) is 0. The van der Waals surface area contributed by atoms with Gasteiger partial charge in [-0.2, -0.15) is 12.1 Å². The summed E-state index contributed by atoms with van der Waals surface area (Å²) in [4.78, 5) is 36.9. The number of halogens is 4. The van der Waals surface area contributed by atoms with Gasteiger partial charge >= 0.3 is 23.1 Å². The second-order valence-electron chi connectivity index (χ2n) is 21.8. The van der Waals surface area contributed by atoms with Crippen LogP contribution in [-0.4, -0.2) is 87.4 Å². The van der Waals surface area contributed by atoms with Gasteiger partial charge in [0.05, 0.1) is 38.7 Å². The number of phenols is 1. The van der Waals surface area contributed by atoms with Gasteiger partial charge in [-0.3, -0.25) is 19.7 Å². The van der Waals surface area contributed by atoms with Crippen molar-refractivity contribution in [1.29, 1.82) is 0 Å². The number of aromatic hydroxyl groups is 1. The number of rotatable bonds is 18. The molecular formula is C76H60BrCl3MgN4O13. The third-order valence-corrected chi connectivity index (χ3v) is 16.4. The van der Waals surface area contributed by atoms with Gasteiger partial charge in [0.15, 0.2) is 29.6 Å². The Labute approximate surface area is 606 Å². The number of hydrogen-bond donors (Lipinski definition) is 3. The summed E-state index contributed by atoms with van der Waals surface area (Å²) in [5.41, 5.74) is 7.49. The largest absolute Gasteiger partial charge is 2.00 e. The average molecular weight is 1450 g/mol. The van der Waals surface area contributed by atoms with Crippen LogP contribution in [-0.2, 0) is 42.1 Å². The van der Waals surface area contributed by atoms with Gasteiger partial charge in [-0.1, -0.05) is 126 Å². The van der Waals surface area contributed by atoms with Crippen LogP contribution < -0.4 is 64.9 Å². The van der Waals surface area contributed by atoms with Gasteiger partial charge in [0.25, 0.3) is 5.91 Å². The Morgan fingerprint density at radius 1 is 0.531 bits per heavy atom. The van der Waals surface area contributed by atoms with E-state index in [1.807, 2.05) is 140 Å². The van der Waals surface area contributed by atoms with Gasteiger partial charge in [0, 0.05) is 70.7 Å². The molecule has 9 aromatic carbocycles. The minimum Gasteiger partial charge on any atom is -1.00 e. The SMILES string of the molecule is O=C(COc1ccccc1)NC(Cc1cc(Cl)c2cccnc2c1O)c1ccc2c(c1)OCO2.O=CCc1cc(Cl)c2cccnc2c1OCc1ccccc1.OC(Cc1cc(Cl)c2cccnc2c1OCc1ccccc1)c1ccc2c(c1)OCO2.[Br-].[Mg+2].[c-]1ccc2c(c1)OCO2. The van der Waals surface area contributed by atoms with E-state index in [4.69, 9.17) is 77.4 Å². The Bertz CT molecular complexity index is 4680. The molecular weight excluding hydrogens is 1390 g/mol. The van der Waals surface area contributed by atoms with Crippen molar-refractivity contribution < 1.29 is 79.4 Å². The molecule has 2 atom stereocenters. The Hall–Kier alpha value is -9.57. The molecule has 12 aromatic rings. The first kappa shape index (κ1) is 71.2. The molecule has 0 spiro atoms. The van der Waals surface area contributed by atoms with Gasteiger partial charge in [-0.15, -0.1) is 12.1 Å². The number of ether oxygens (including phenoxy) is 9. The van der Waals surface area contributed by atoms with E-state index in [0.29, 0.717) is 109 Å². The van der Waals surface area contributed by atoms with Crippen LogP contribution in [0.25, 0.3) is 32.7 Å². The molecule has 0 bridgehead atoms. The van der Waals surface area contributed by atoms with E-state index in [1.165, 1.54) is 0 Å². The molecule has 0 fully saturated rings. The predicted octanol–water partition coefficient (Wildman–Crippen LogP) is 12.3. The molecule has 3 aliphatic rings. The molecule has 6 heterocycles. The molecule has 98 heavy (non-hydrogen) atoms. The zero-order valence-corrected chi connectivity index (χ0v) is 57.6. The van der Waals surface area contributed by atoms with E-state index in [2.05, 4.69) is 26.3 Å². The van der Waals surface area contributed by atoms with Crippen molar-refractivity contribution in [2.24, 2.45) is 0 Å². The second kappa shape index (κ2) is 34.6. The van der Waals surface area contributed by atoms with E-state index in [0.717, 1.165) is 61.9 Å². The molecule has 3 N–H and O–H groups in total. The molecule has 3 aliphatic heterocycles. The minimum atomic E-state index is -0.772. The molecule has 15 rings (SSSR count). The fraction of sp³-hybridized carbons (Fsp3) is 0.145. The molecule has 3 aromatic heterocycles. The summed E-state index contributed by atoms with van der Waals surface area (Å²) >= 11 is 19.3. The number of carbonyl (C=O) groups is 2. The summed E-state index contributed by atoms with van der Waals surface area (Å²) in [6.07, 6.45) is 5.91. The van der Waals surface area contributed by atoms with E-state index >= 15 is 0 Å². The number of aromatic nitrogens is 3. The fourth-order valence-electron chi connectivity index (χ4n) is 10.8. The average Bonchev–Trinajstić information content (AvgIpc) is 0.976. The summed E-state index contributed by atoms with van der Waals surface area (Å²) in [6, 6.07) is 64.0. The molecule has 17 nitrogen and oxygen atoms in total. The van der Waals surface area contributed by atoms with Crippen molar-refractivity contribution in [3.05, 3.63) is 279 Å². The summed E-state index contributed by atoms with van der Waals surface area (Å²) in [5.74, 6) is 5.72. The van der Waals surface area contributed by atoms with Crippen molar-refractivity contribution in [2.75, 3.05) is 27.0 Å². The zero-order valence-electron chi connectivity index (χ0n) is 52.3. The van der Waals surface area contributed by atoms with Crippen molar-refractivity contribution in [3.8, 4) is 57.5 Å². The summed E-state index contributed by atoms with van der Waals surface area (Å²) in [5, 5.41) is 28.8. The predicted molar refractivity (Wildman–Crippen MR) is 371 cm³/mol. The zero-order chi connectivity index (χ0) is 66.2. The monoisotopic (exact) mass is 1440 g/mol. The first-order valence-corrected chi connectivity index (χ1v) is 31.5. The van der Waals surface area contributed by atoms with Crippen molar-refractivity contribution in [1.82, 2.24) is 20.3 Å². The van der Waals surface area contributed by atoms with Crippen LogP contribution in [0.4, 0.5) is 0 Å².